The first-order valence-corrected chi connectivity index (χ1v) is 11.3. The number of hydrogen-bond acceptors (Lipinski definition) is 8. The van der Waals surface area contributed by atoms with Gasteiger partial charge in [-0.25, -0.2) is 9.97 Å². The minimum absolute atomic E-state index is 0.108. The number of amides is 1. The summed E-state index contributed by atoms with van der Waals surface area (Å²) < 4.78 is 0. The van der Waals surface area contributed by atoms with Gasteiger partial charge in [-0.2, -0.15) is 10.1 Å². The average molecular weight is 432 g/mol. The van der Waals surface area contributed by atoms with Crippen LogP contribution >= 0.6 is 0 Å². The Bertz CT molecular complexity index is 1140. The van der Waals surface area contributed by atoms with E-state index in [1.807, 2.05) is 4.90 Å². The zero-order valence-electron chi connectivity index (χ0n) is 17.7. The molecule has 3 aliphatic rings. The Kier molecular flexibility index (Phi) is 4.70. The second-order valence-electron chi connectivity index (χ2n) is 8.69. The van der Waals surface area contributed by atoms with Crippen molar-refractivity contribution in [1.29, 1.82) is 0 Å². The molecule has 1 aliphatic heterocycles. The summed E-state index contributed by atoms with van der Waals surface area (Å²) >= 11 is 0. The highest BCUT2D eigenvalue weighted by atomic mass is 16.2. The van der Waals surface area contributed by atoms with Crippen LogP contribution in [0.1, 0.15) is 55.0 Å². The number of nitrogens with zero attached hydrogens (tertiary/aromatic N) is 6. The van der Waals surface area contributed by atoms with Gasteiger partial charge >= 0.3 is 0 Å². The molecular formula is C22H25N9O. The van der Waals surface area contributed by atoms with Gasteiger partial charge in [-0.3, -0.25) is 14.9 Å². The second-order valence-corrected chi connectivity index (χ2v) is 8.69. The summed E-state index contributed by atoms with van der Waals surface area (Å²) in [5, 5.41) is 13.9. The molecule has 10 heteroatoms. The van der Waals surface area contributed by atoms with Crippen molar-refractivity contribution in [2.75, 3.05) is 22.1 Å². The van der Waals surface area contributed by atoms with Crippen LogP contribution in [0.5, 0.6) is 0 Å². The number of nitrogens with one attached hydrogen (secondary N) is 3. The third kappa shape index (κ3) is 3.65. The van der Waals surface area contributed by atoms with Crippen molar-refractivity contribution >= 4 is 29.3 Å². The zero-order valence-corrected chi connectivity index (χ0v) is 17.7. The maximum Gasteiger partial charge on any atom is 0.248 e. The van der Waals surface area contributed by atoms with E-state index in [1.165, 1.54) is 18.5 Å². The number of carbonyl (C=O) groups excluding carboxylic acids is 1. The third-order valence-electron chi connectivity index (χ3n) is 6.41. The van der Waals surface area contributed by atoms with Crippen molar-refractivity contribution in [3.05, 3.63) is 41.6 Å². The molecule has 3 aromatic heterocycles. The molecule has 32 heavy (non-hydrogen) atoms. The lowest BCUT2D eigenvalue weighted by molar-refractivity contribution is -0.117. The minimum Gasteiger partial charge on any atom is -0.329 e. The van der Waals surface area contributed by atoms with Crippen LogP contribution in [0.15, 0.2) is 24.7 Å². The number of fused-ring (bicyclic) bond motifs is 1. The Hall–Kier alpha value is -3.56. The van der Waals surface area contributed by atoms with Crippen molar-refractivity contribution in [2.24, 2.45) is 0 Å². The van der Waals surface area contributed by atoms with Gasteiger partial charge in [0.2, 0.25) is 11.9 Å². The fourth-order valence-electron chi connectivity index (χ4n) is 4.63. The van der Waals surface area contributed by atoms with Gasteiger partial charge in [-0.1, -0.05) is 0 Å². The van der Waals surface area contributed by atoms with Gasteiger partial charge in [0.1, 0.15) is 11.9 Å². The van der Waals surface area contributed by atoms with Crippen molar-refractivity contribution in [2.45, 2.75) is 56.9 Å². The molecule has 164 valence electrons. The number of aromatic nitrogens is 6. The summed E-state index contributed by atoms with van der Waals surface area (Å²) in [7, 11) is 0. The number of aryl methyl sites for hydroxylation is 1. The van der Waals surface area contributed by atoms with Crippen molar-refractivity contribution in [3.8, 4) is 0 Å². The van der Waals surface area contributed by atoms with Gasteiger partial charge < -0.3 is 15.5 Å². The first kappa shape index (κ1) is 19.1. The van der Waals surface area contributed by atoms with Crippen LogP contribution in [0.4, 0.5) is 23.4 Å². The van der Waals surface area contributed by atoms with Gasteiger partial charge in [-0.05, 0) is 44.9 Å². The maximum atomic E-state index is 13.0. The molecule has 3 N–H and O–H groups in total. The quantitative estimate of drug-likeness (QED) is 0.544. The molecule has 1 saturated carbocycles. The topological polar surface area (TPSA) is 125 Å². The molecule has 0 radical (unpaired) electrons. The summed E-state index contributed by atoms with van der Waals surface area (Å²) in [6.07, 6.45) is 11.7. The minimum atomic E-state index is -0.337. The lowest BCUT2D eigenvalue weighted by Crippen LogP contribution is -2.41. The smallest absolute Gasteiger partial charge is 0.248 e. The molecule has 10 nitrogen and oxygen atoms in total. The highest BCUT2D eigenvalue weighted by Crippen LogP contribution is 2.40. The number of rotatable bonds is 6. The van der Waals surface area contributed by atoms with Crippen molar-refractivity contribution in [3.63, 3.8) is 0 Å². The molecule has 1 atom stereocenters. The SMILES string of the molecule is O=C(Nc1cnccn1)[C@H]1CCCN1c1nc2c(c(Nc3cc(C4CC4)[nH]n3)n1)CCC2. The largest absolute Gasteiger partial charge is 0.329 e. The van der Waals surface area contributed by atoms with E-state index in [2.05, 4.69) is 36.9 Å². The lowest BCUT2D eigenvalue weighted by atomic mass is 10.2. The Balaban J connectivity index is 1.27. The predicted octanol–water partition coefficient (Wildman–Crippen LogP) is 2.71. The van der Waals surface area contributed by atoms with Crippen molar-refractivity contribution in [1.82, 2.24) is 30.1 Å². The normalized spacial score (nSPS) is 19.8. The summed E-state index contributed by atoms with van der Waals surface area (Å²) in [5.41, 5.74) is 3.40. The van der Waals surface area contributed by atoms with E-state index < -0.39 is 0 Å². The van der Waals surface area contributed by atoms with E-state index in [9.17, 15) is 4.79 Å². The highest BCUT2D eigenvalue weighted by molar-refractivity contribution is 5.96. The molecule has 1 amide bonds. The van der Waals surface area contributed by atoms with Crippen molar-refractivity contribution < 1.29 is 4.79 Å². The van der Waals surface area contributed by atoms with E-state index in [0.29, 0.717) is 17.7 Å². The van der Waals surface area contributed by atoms with E-state index in [1.54, 1.807) is 18.6 Å². The zero-order chi connectivity index (χ0) is 21.5. The van der Waals surface area contributed by atoms with Crippen LogP contribution in [-0.2, 0) is 17.6 Å². The Morgan fingerprint density at radius 1 is 1.09 bits per heavy atom. The molecule has 2 fully saturated rings. The Morgan fingerprint density at radius 2 is 2.03 bits per heavy atom. The summed E-state index contributed by atoms with van der Waals surface area (Å²) in [6, 6.07) is 1.74. The van der Waals surface area contributed by atoms with E-state index in [-0.39, 0.29) is 11.9 Å². The number of anilines is 4. The summed E-state index contributed by atoms with van der Waals surface area (Å²) in [5.74, 6) is 3.14. The molecule has 1 saturated heterocycles. The van der Waals surface area contributed by atoms with Gasteiger partial charge in [0.25, 0.3) is 0 Å². The predicted molar refractivity (Wildman–Crippen MR) is 119 cm³/mol. The molecule has 2 aliphatic carbocycles. The molecular weight excluding hydrogens is 406 g/mol. The van der Waals surface area contributed by atoms with Gasteiger partial charge in [0, 0.05) is 42.2 Å². The molecule has 3 aromatic rings. The molecule has 0 unspecified atom stereocenters. The molecule has 0 bridgehead atoms. The fraction of sp³-hybridized carbons (Fsp3) is 0.455. The van der Waals surface area contributed by atoms with Crippen LogP contribution in [-0.4, -0.2) is 48.6 Å². The third-order valence-corrected chi connectivity index (χ3v) is 6.41. The Morgan fingerprint density at radius 3 is 2.88 bits per heavy atom. The van der Waals surface area contributed by atoms with Crippen LogP contribution in [0.25, 0.3) is 0 Å². The van der Waals surface area contributed by atoms with Gasteiger partial charge in [-0.15, -0.1) is 0 Å². The number of carbonyl (C=O) groups is 1. The standard InChI is InChI=1S/C22H25N9O/c32-21(27-19-12-23-8-9-24-19)17-5-2-10-31(17)22-25-15-4-1-3-14(15)20(28-22)26-18-11-16(29-30-18)13-6-7-13/h8-9,11-13,17H,1-7,10H2,(H,24,27,32)(H2,25,26,28,29,30)/t17-/m1/s1. The lowest BCUT2D eigenvalue weighted by Gasteiger charge is -2.25. The second kappa shape index (κ2) is 7.85. The fourth-order valence-corrected chi connectivity index (χ4v) is 4.63. The molecule has 0 aromatic carbocycles. The van der Waals surface area contributed by atoms with Crippen LogP contribution < -0.4 is 15.5 Å². The molecule has 6 rings (SSSR count). The van der Waals surface area contributed by atoms with Gasteiger partial charge in [0.15, 0.2) is 11.6 Å². The Labute approximate surface area is 185 Å². The van der Waals surface area contributed by atoms with E-state index >= 15 is 0 Å². The highest BCUT2D eigenvalue weighted by Gasteiger charge is 2.34. The monoisotopic (exact) mass is 431 g/mol. The van der Waals surface area contributed by atoms with Crippen LogP contribution in [0.3, 0.4) is 0 Å². The first-order chi connectivity index (χ1) is 15.7. The van der Waals surface area contributed by atoms with E-state index in [0.717, 1.165) is 61.5 Å². The van der Waals surface area contributed by atoms with Crippen LogP contribution in [0, 0.1) is 0 Å². The summed E-state index contributed by atoms with van der Waals surface area (Å²) in [6.45, 7) is 0.741. The number of H-pyrrole nitrogens is 1. The number of hydrogen-bond donors (Lipinski definition) is 3. The molecule has 0 spiro atoms. The summed E-state index contributed by atoms with van der Waals surface area (Å²) in [4.78, 5) is 32.9. The van der Waals surface area contributed by atoms with Gasteiger partial charge in [0.05, 0.1) is 11.9 Å². The molecule has 4 heterocycles. The maximum absolute atomic E-state index is 13.0. The van der Waals surface area contributed by atoms with Crippen LogP contribution in [0.2, 0.25) is 0 Å². The van der Waals surface area contributed by atoms with E-state index in [4.69, 9.17) is 9.97 Å². The number of aromatic amines is 1. The first-order valence-electron chi connectivity index (χ1n) is 11.3. The average Bonchev–Trinajstić information content (AvgIpc) is 3.20.